The molecule has 2 aromatic carbocycles. The molecule has 12 heteroatoms. The summed E-state index contributed by atoms with van der Waals surface area (Å²) < 4.78 is 32.3. The maximum Gasteiger partial charge on any atom is 0.343 e. The molecule has 0 bridgehead atoms. The zero-order valence-electron chi connectivity index (χ0n) is 24.5. The average molecular weight is 585 g/mol. The molecule has 0 unspecified atom stereocenters. The largest absolute Gasteiger partial charge is 0.506 e. The Labute approximate surface area is 243 Å². The molecule has 226 valence electrons. The molecule has 1 amide bonds. The van der Waals surface area contributed by atoms with E-state index < -0.39 is 29.1 Å². The monoisotopic (exact) mass is 584 g/mol. The van der Waals surface area contributed by atoms with Crippen molar-refractivity contribution in [2.75, 3.05) is 41.7 Å². The third-order valence-electron chi connectivity index (χ3n) is 6.44. The van der Waals surface area contributed by atoms with Crippen LogP contribution in [0.3, 0.4) is 0 Å². The molecular weight excluding hydrogens is 548 g/mol. The number of H-pyrrole nitrogens is 1. The molecule has 0 saturated carbocycles. The molecule has 0 fully saturated rings. The fourth-order valence-corrected chi connectivity index (χ4v) is 4.47. The standard InChI is InChI=1S/C30H36N2O10/c1-7-41-22-11-17(9-10-21(22)37-3)15-31-25(33)14-19(18-12-23(38-4)28(40-6)24(13-18)39-5)26-27(34)20(16-32-29(26)35)30(36)42-8-2/h9-13,16,19H,7-8,14-15H2,1-6H3,(H,31,33)(H2,32,34,35)/t19-/m1/s1. The van der Waals surface area contributed by atoms with Gasteiger partial charge in [-0.15, -0.1) is 0 Å². The minimum atomic E-state index is -1.04. The van der Waals surface area contributed by atoms with Crippen molar-refractivity contribution in [3.63, 3.8) is 0 Å². The Morgan fingerprint density at radius 3 is 2.14 bits per heavy atom. The second-order valence-electron chi connectivity index (χ2n) is 8.92. The highest BCUT2D eigenvalue weighted by molar-refractivity contribution is 5.92. The van der Waals surface area contributed by atoms with Gasteiger partial charge < -0.3 is 43.8 Å². The van der Waals surface area contributed by atoms with Gasteiger partial charge >= 0.3 is 5.97 Å². The first-order chi connectivity index (χ1) is 20.2. The highest BCUT2D eigenvalue weighted by Crippen LogP contribution is 2.43. The molecule has 0 saturated heterocycles. The van der Waals surface area contributed by atoms with Crippen LogP contribution >= 0.6 is 0 Å². The number of carbonyl (C=O) groups is 2. The van der Waals surface area contributed by atoms with Gasteiger partial charge in [0.05, 0.1) is 47.2 Å². The second kappa shape index (κ2) is 14.7. The second-order valence-corrected chi connectivity index (χ2v) is 8.92. The topological polar surface area (TPSA) is 155 Å². The van der Waals surface area contributed by atoms with Gasteiger partial charge in [-0.05, 0) is 49.2 Å². The summed E-state index contributed by atoms with van der Waals surface area (Å²) in [6, 6.07) is 8.44. The highest BCUT2D eigenvalue weighted by Gasteiger charge is 2.30. The zero-order chi connectivity index (χ0) is 30.8. The SMILES string of the molecule is CCOC(=O)c1c[nH]c(=O)c([C@H](CC(=O)NCc2ccc(OC)c(OCC)c2)c2cc(OC)c(OC)c(OC)c2)c1O. The van der Waals surface area contributed by atoms with Crippen molar-refractivity contribution < 1.29 is 43.1 Å². The van der Waals surface area contributed by atoms with Crippen LogP contribution in [0.2, 0.25) is 0 Å². The van der Waals surface area contributed by atoms with Crippen molar-refractivity contribution in [2.24, 2.45) is 0 Å². The van der Waals surface area contributed by atoms with Crippen LogP contribution < -0.4 is 34.6 Å². The first-order valence-electron chi connectivity index (χ1n) is 13.2. The molecule has 1 heterocycles. The van der Waals surface area contributed by atoms with E-state index in [1.165, 1.54) is 28.4 Å². The van der Waals surface area contributed by atoms with Crippen molar-refractivity contribution in [3.8, 4) is 34.5 Å². The number of esters is 1. The maximum absolute atomic E-state index is 13.3. The van der Waals surface area contributed by atoms with Crippen molar-refractivity contribution >= 4 is 11.9 Å². The maximum atomic E-state index is 13.3. The summed E-state index contributed by atoms with van der Waals surface area (Å²) in [6.45, 7) is 4.11. The molecule has 1 aromatic heterocycles. The van der Waals surface area contributed by atoms with Crippen LogP contribution in [0.1, 0.15) is 53.2 Å². The third kappa shape index (κ3) is 7.06. The van der Waals surface area contributed by atoms with E-state index in [4.69, 9.17) is 28.4 Å². The molecule has 0 aliphatic carbocycles. The van der Waals surface area contributed by atoms with Crippen LogP contribution in [0.25, 0.3) is 0 Å². The lowest BCUT2D eigenvalue weighted by Crippen LogP contribution is -2.28. The number of carbonyl (C=O) groups excluding carboxylic acids is 2. The molecule has 0 aliphatic rings. The molecular formula is C30H36N2O10. The number of hydrogen-bond donors (Lipinski definition) is 3. The first kappa shape index (κ1) is 31.7. The Morgan fingerprint density at radius 1 is 0.905 bits per heavy atom. The zero-order valence-corrected chi connectivity index (χ0v) is 24.5. The summed E-state index contributed by atoms with van der Waals surface area (Å²) in [4.78, 5) is 41.5. The number of aromatic amines is 1. The van der Waals surface area contributed by atoms with E-state index in [1.54, 1.807) is 37.3 Å². The van der Waals surface area contributed by atoms with Gasteiger partial charge in [0, 0.05) is 25.1 Å². The van der Waals surface area contributed by atoms with Crippen molar-refractivity contribution in [1.82, 2.24) is 10.3 Å². The molecule has 1 atom stereocenters. The van der Waals surface area contributed by atoms with E-state index in [1.807, 2.05) is 6.92 Å². The van der Waals surface area contributed by atoms with E-state index in [9.17, 15) is 19.5 Å². The van der Waals surface area contributed by atoms with Crippen molar-refractivity contribution in [1.29, 1.82) is 0 Å². The van der Waals surface area contributed by atoms with E-state index in [0.29, 0.717) is 29.4 Å². The number of ether oxygens (including phenoxy) is 6. The summed E-state index contributed by atoms with van der Waals surface area (Å²) in [5.41, 5.74) is 0.00845. The molecule has 12 nitrogen and oxygen atoms in total. The summed E-state index contributed by atoms with van der Waals surface area (Å²) >= 11 is 0. The van der Waals surface area contributed by atoms with Gasteiger partial charge in [0.1, 0.15) is 11.3 Å². The molecule has 0 aliphatic heterocycles. The van der Waals surface area contributed by atoms with Gasteiger partial charge in [-0.25, -0.2) is 4.79 Å². The summed E-state index contributed by atoms with van der Waals surface area (Å²) in [6.07, 6.45) is 0.793. The van der Waals surface area contributed by atoms with Gasteiger partial charge in [0.15, 0.2) is 23.0 Å². The van der Waals surface area contributed by atoms with Gasteiger partial charge in [-0.1, -0.05) is 6.07 Å². The lowest BCUT2D eigenvalue weighted by atomic mass is 9.87. The Balaban J connectivity index is 2.05. The Bertz CT molecular complexity index is 1440. The summed E-state index contributed by atoms with van der Waals surface area (Å²) in [5.74, 6) is -0.956. The molecule has 0 radical (unpaired) electrons. The molecule has 3 rings (SSSR count). The normalized spacial score (nSPS) is 11.3. The van der Waals surface area contributed by atoms with E-state index >= 15 is 0 Å². The number of hydrogen-bond acceptors (Lipinski definition) is 10. The Hall–Kier alpha value is -4.87. The number of rotatable bonds is 14. The number of benzene rings is 2. The molecule has 0 spiro atoms. The Morgan fingerprint density at radius 2 is 1.57 bits per heavy atom. The van der Waals surface area contributed by atoms with E-state index in [2.05, 4.69) is 10.3 Å². The summed E-state index contributed by atoms with van der Waals surface area (Å²) in [7, 11) is 5.84. The lowest BCUT2D eigenvalue weighted by Gasteiger charge is -2.22. The number of aromatic nitrogens is 1. The number of methoxy groups -OCH3 is 4. The predicted octanol–water partition coefficient (Wildman–Crippen LogP) is 3.53. The van der Waals surface area contributed by atoms with Gasteiger partial charge in [0.25, 0.3) is 5.56 Å². The van der Waals surface area contributed by atoms with Crippen LogP contribution in [0, 0.1) is 0 Å². The van der Waals surface area contributed by atoms with Crippen LogP contribution in [-0.2, 0) is 16.1 Å². The number of pyridine rings is 1. The number of amides is 1. The van der Waals surface area contributed by atoms with Crippen molar-refractivity contribution in [3.05, 3.63) is 69.1 Å². The average Bonchev–Trinajstić information content (AvgIpc) is 2.99. The van der Waals surface area contributed by atoms with Crippen LogP contribution in [0.4, 0.5) is 0 Å². The fraction of sp³-hybridized carbons (Fsp3) is 0.367. The summed E-state index contributed by atoms with van der Waals surface area (Å²) in [5, 5.41) is 14.0. The van der Waals surface area contributed by atoms with Gasteiger partial charge in [-0.2, -0.15) is 0 Å². The van der Waals surface area contributed by atoms with Gasteiger partial charge in [0.2, 0.25) is 11.7 Å². The van der Waals surface area contributed by atoms with Crippen molar-refractivity contribution in [2.45, 2.75) is 32.7 Å². The highest BCUT2D eigenvalue weighted by atomic mass is 16.5. The quantitative estimate of drug-likeness (QED) is 0.240. The van der Waals surface area contributed by atoms with Crippen LogP contribution in [0.5, 0.6) is 34.5 Å². The minimum absolute atomic E-state index is 0.0574. The third-order valence-corrected chi connectivity index (χ3v) is 6.44. The number of nitrogens with one attached hydrogen (secondary N) is 2. The Kier molecular flexibility index (Phi) is 11.1. The van der Waals surface area contributed by atoms with E-state index in [-0.39, 0.29) is 42.2 Å². The molecule has 3 aromatic rings. The van der Waals surface area contributed by atoms with Gasteiger partial charge in [-0.3, -0.25) is 9.59 Å². The number of aromatic hydroxyl groups is 1. The molecule has 3 N–H and O–H groups in total. The lowest BCUT2D eigenvalue weighted by molar-refractivity contribution is -0.121. The first-order valence-corrected chi connectivity index (χ1v) is 13.2. The molecule has 42 heavy (non-hydrogen) atoms. The van der Waals surface area contributed by atoms with Crippen LogP contribution in [-0.4, -0.2) is 63.6 Å². The predicted molar refractivity (Wildman–Crippen MR) is 153 cm³/mol. The van der Waals surface area contributed by atoms with Crippen LogP contribution in [0.15, 0.2) is 41.3 Å². The minimum Gasteiger partial charge on any atom is -0.506 e. The van der Waals surface area contributed by atoms with E-state index in [0.717, 1.165) is 11.8 Å². The smallest absolute Gasteiger partial charge is 0.343 e. The fourth-order valence-electron chi connectivity index (χ4n) is 4.47.